The van der Waals surface area contributed by atoms with E-state index in [9.17, 15) is 4.79 Å². The summed E-state index contributed by atoms with van der Waals surface area (Å²) in [6.07, 6.45) is 3.75. The molecule has 29 heavy (non-hydrogen) atoms. The van der Waals surface area contributed by atoms with Crippen LogP contribution in [0.1, 0.15) is 40.8 Å². The Bertz CT molecular complexity index is 1030. The van der Waals surface area contributed by atoms with Crippen LogP contribution in [0, 0.1) is 0 Å². The molecule has 0 radical (unpaired) electrons. The molecule has 0 aliphatic carbocycles. The number of carbonyl (C=O) groups excluding carboxylic acids is 1. The number of hydrogen-bond donors (Lipinski definition) is 1. The quantitative estimate of drug-likeness (QED) is 0.516. The summed E-state index contributed by atoms with van der Waals surface area (Å²) in [4.78, 5) is 19.0. The van der Waals surface area contributed by atoms with Gasteiger partial charge < -0.3 is 19.5 Å². The number of nitrogens with one attached hydrogen (secondary N) is 1. The van der Waals surface area contributed by atoms with E-state index in [1.165, 1.54) is 7.11 Å². The second-order valence-electron chi connectivity index (χ2n) is 6.72. The SMILES string of the molecule is CCN1C(=S)N[C@H](c2ccccn2)[C@H]1c1cccn1-c1ccccc1C(=O)OC. The van der Waals surface area contributed by atoms with Gasteiger partial charge in [0.15, 0.2) is 5.11 Å². The van der Waals surface area contributed by atoms with Crippen molar-refractivity contribution < 1.29 is 9.53 Å². The molecule has 0 unspecified atom stereocenters. The van der Waals surface area contributed by atoms with Crippen LogP contribution in [0.25, 0.3) is 5.69 Å². The van der Waals surface area contributed by atoms with Crippen LogP contribution in [0.3, 0.4) is 0 Å². The number of benzene rings is 1. The minimum absolute atomic E-state index is 0.0666. The van der Waals surface area contributed by atoms with Crippen LogP contribution in [-0.2, 0) is 4.74 Å². The van der Waals surface area contributed by atoms with Gasteiger partial charge in [-0.3, -0.25) is 4.98 Å². The molecule has 1 N–H and O–H groups in total. The van der Waals surface area contributed by atoms with Crippen LogP contribution in [0.5, 0.6) is 0 Å². The molecular formula is C22H22N4O2S. The zero-order valence-electron chi connectivity index (χ0n) is 16.3. The number of hydrogen-bond acceptors (Lipinski definition) is 4. The first-order valence-corrected chi connectivity index (χ1v) is 9.89. The van der Waals surface area contributed by atoms with Crippen molar-refractivity contribution in [3.8, 4) is 5.69 Å². The number of rotatable bonds is 5. The molecule has 2 atom stereocenters. The van der Waals surface area contributed by atoms with E-state index in [0.29, 0.717) is 10.7 Å². The second-order valence-corrected chi connectivity index (χ2v) is 7.11. The van der Waals surface area contributed by atoms with E-state index in [-0.39, 0.29) is 18.1 Å². The Hall–Kier alpha value is -3.19. The molecule has 1 aromatic carbocycles. The number of aromatic nitrogens is 2. The molecule has 1 fully saturated rings. The molecule has 2 aromatic heterocycles. The molecule has 1 saturated heterocycles. The van der Waals surface area contributed by atoms with Gasteiger partial charge in [0.2, 0.25) is 0 Å². The van der Waals surface area contributed by atoms with Crippen molar-refractivity contribution >= 4 is 23.3 Å². The van der Waals surface area contributed by atoms with Crippen molar-refractivity contribution in [2.75, 3.05) is 13.7 Å². The summed E-state index contributed by atoms with van der Waals surface area (Å²) in [7, 11) is 1.39. The van der Waals surface area contributed by atoms with Gasteiger partial charge in [-0.15, -0.1) is 0 Å². The lowest BCUT2D eigenvalue weighted by molar-refractivity contribution is 0.0600. The predicted octanol–water partition coefficient (Wildman–Crippen LogP) is 3.65. The van der Waals surface area contributed by atoms with Crippen molar-refractivity contribution in [3.63, 3.8) is 0 Å². The van der Waals surface area contributed by atoms with Crippen LogP contribution in [0.4, 0.5) is 0 Å². The van der Waals surface area contributed by atoms with Gasteiger partial charge >= 0.3 is 5.97 Å². The third kappa shape index (κ3) is 3.38. The molecule has 0 amide bonds. The maximum absolute atomic E-state index is 12.3. The lowest BCUT2D eigenvalue weighted by atomic mass is 10.0. The minimum atomic E-state index is -0.367. The number of pyridine rings is 1. The Morgan fingerprint density at radius 3 is 2.69 bits per heavy atom. The van der Waals surface area contributed by atoms with Crippen molar-refractivity contribution in [1.29, 1.82) is 0 Å². The highest BCUT2D eigenvalue weighted by Gasteiger charge is 2.40. The van der Waals surface area contributed by atoms with Crippen LogP contribution in [0.15, 0.2) is 67.0 Å². The van der Waals surface area contributed by atoms with E-state index in [0.717, 1.165) is 23.6 Å². The van der Waals surface area contributed by atoms with E-state index in [2.05, 4.69) is 28.2 Å². The Morgan fingerprint density at radius 2 is 1.97 bits per heavy atom. The fourth-order valence-electron chi connectivity index (χ4n) is 3.89. The third-order valence-electron chi connectivity index (χ3n) is 5.19. The van der Waals surface area contributed by atoms with Crippen molar-refractivity contribution in [1.82, 2.24) is 19.8 Å². The summed E-state index contributed by atoms with van der Waals surface area (Å²) in [6, 6.07) is 17.2. The maximum atomic E-state index is 12.3. The average Bonchev–Trinajstić information content (AvgIpc) is 3.37. The fraction of sp³-hybridized carbons (Fsp3) is 0.227. The molecule has 1 aliphatic heterocycles. The molecule has 0 spiro atoms. The molecule has 3 aromatic rings. The van der Waals surface area contributed by atoms with E-state index in [4.69, 9.17) is 17.0 Å². The van der Waals surface area contributed by atoms with Gasteiger partial charge in [-0.2, -0.15) is 0 Å². The zero-order valence-corrected chi connectivity index (χ0v) is 17.1. The molecule has 0 saturated carbocycles. The molecule has 3 heterocycles. The van der Waals surface area contributed by atoms with E-state index >= 15 is 0 Å². The Morgan fingerprint density at radius 1 is 1.17 bits per heavy atom. The lowest BCUT2D eigenvalue weighted by Gasteiger charge is -2.28. The maximum Gasteiger partial charge on any atom is 0.339 e. The van der Waals surface area contributed by atoms with Crippen molar-refractivity contribution in [3.05, 3.63) is 83.9 Å². The number of ether oxygens (including phenoxy) is 1. The monoisotopic (exact) mass is 406 g/mol. The van der Waals surface area contributed by atoms with Crippen LogP contribution in [-0.4, -0.2) is 39.2 Å². The van der Waals surface area contributed by atoms with Gasteiger partial charge in [0, 0.05) is 24.6 Å². The highest BCUT2D eigenvalue weighted by Crippen LogP contribution is 2.39. The van der Waals surface area contributed by atoms with Crippen LogP contribution in [0.2, 0.25) is 0 Å². The Kier molecular flexibility index (Phi) is 5.31. The van der Waals surface area contributed by atoms with E-state index in [1.54, 1.807) is 12.3 Å². The highest BCUT2D eigenvalue weighted by molar-refractivity contribution is 7.80. The zero-order chi connectivity index (χ0) is 20.4. The molecule has 4 rings (SSSR count). The largest absolute Gasteiger partial charge is 0.465 e. The van der Waals surface area contributed by atoms with E-state index in [1.807, 2.05) is 53.2 Å². The topological polar surface area (TPSA) is 59.4 Å². The van der Waals surface area contributed by atoms with Crippen LogP contribution < -0.4 is 5.32 Å². The molecule has 148 valence electrons. The molecule has 7 heteroatoms. The summed E-state index contributed by atoms with van der Waals surface area (Å²) in [5, 5.41) is 4.12. The second kappa shape index (κ2) is 8.05. The number of likely N-dealkylation sites (N-methyl/N-ethyl adjacent to an activating group) is 1. The average molecular weight is 407 g/mol. The molecule has 0 bridgehead atoms. The third-order valence-corrected chi connectivity index (χ3v) is 5.54. The first-order valence-electron chi connectivity index (χ1n) is 9.48. The predicted molar refractivity (Wildman–Crippen MR) is 115 cm³/mol. The first-order chi connectivity index (χ1) is 14.2. The van der Waals surface area contributed by atoms with Crippen molar-refractivity contribution in [2.45, 2.75) is 19.0 Å². The molecular weight excluding hydrogens is 384 g/mol. The summed E-state index contributed by atoms with van der Waals surface area (Å²) >= 11 is 5.62. The summed E-state index contributed by atoms with van der Waals surface area (Å²) < 4.78 is 7.02. The van der Waals surface area contributed by atoms with E-state index < -0.39 is 0 Å². The van der Waals surface area contributed by atoms with Gasteiger partial charge in [-0.1, -0.05) is 18.2 Å². The summed E-state index contributed by atoms with van der Waals surface area (Å²) in [6.45, 7) is 2.83. The Labute approximate surface area is 175 Å². The summed E-state index contributed by atoms with van der Waals surface area (Å²) in [5.74, 6) is -0.367. The summed E-state index contributed by atoms with van der Waals surface area (Å²) in [5.41, 5.74) is 3.22. The number of carbonyl (C=O) groups is 1. The number of thiocarbonyl (C=S) groups is 1. The minimum Gasteiger partial charge on any atom is -0.465 e. The molecule has 6 nitrogen and oxygen atoms in total. The number of methoxy groups -OCH3 is 1. The first kappa shape index (κ1) is 19.1. The smallest absolute Gasteiger partial charge is 0.339 e. The van der Waals surface area contributed by atoms with Crippen molar-refractivity contribution in [2.24, 2.45) is 0 Å². The Balaban J connectivity index is 1.84. The van der Waals surface area contributed by atoms with Gasteiger partial charge in [-0.25, -0.2) is 4.79 Å². The fourth-order valence-corrected chi connectivity index (χ4v) is 4.26. The van der Waals surface area contributed by atoms with Crippen LogP contribution >= 0.6 is 12.2 Å². The normalized spacial score (nSPS) is 18.6. The number of esters is 1. The van der Waals surface area contributed by atoms with Gasteiger partial charge in [-0.05, 0) is 55.5 Å². The number of nitrogens with zero attached hydrogens (tertiary/aromatic N) is 3. The molecule has 1 aliphatic rings. The number of para-hydroxylation sites is 1. The van der Waals surface area contributed by atoms with Gasteiger partial charge in [0.05, 0.1) is 36.1 Å². The lowest BCUT2D eigenvalue weighted by Crippen LogP contribution is -2.30. The highest BCUT2D eigenvalue weighted by atomic mass is 32.1. The standard InChI is InChI=1S/C22H22N4O2S/c1-3-25-20(19(24-22(25)29)16-10-6-7-13-23-16)18-12-8-14-26(18)17-11-5-4-9-15(17)21(27)28-2/h4-14,19-20H,3H2,1-2H3,(H,24,29)/t19-,20-/m1/s1. The van der Waals surface area contributed by atoms with Gasteiger partial charge in [0.1, 0.15) is 0 Å². The van der Waals surface area contributed by atoms with Gasteiger partial charge in [0.25, 0.3) is 0 Å².